The Labute approximate surface area is 73.0 Å². The smallest absolute Gasteiger partial charge is 0.308 e. The molecular formula is C9H16O3. The summed E-state index contributed by atoms with van der Waals surface area (Å²) in [5, 5.41) is 0. The minimum atomic E-state index is -0.122. The highest BCUT2D eigenvalue weighted by Crippen LogP contribution is 2.21. The average Bonchev–Trinajstić information content (AvgIpc) is 2.53. The number of hydrogen-bond acceptors (Lipinski definition) is 3. The molecule has 1 aliphatic rings. The van der Waals surface area contributed by atoms with E-state index in [0.717, 1.165) is 12.8 Å². The molecule has 0 amide bonds. The maximum absolute atomic E-state index is 11.1. The summed E-state index contributed by atoms with van der Waals surface area (Å²) in [7, 11) is 1.59. The number of methoxy groups -OCH3 is 1. The van der Waals surface area contributed by atoms with E-state index in [1.807, 2.05) is 0 Å². The van der Waals surface area contributed by atoms with E-state index in [1.54, 1.807) is 7.11 Å². The van der Waals surface area contributed by atoms with Gasteiger partial charge in [0.05, 0.1) is 13.0 Å². The fourth-order valence-electron chi connectivity index (χ4n) is 1.44. The lowest BCUT2D eigenvalue weighted by Crippen LogP contribution is -2.15. The molecule has 0 aromatic rings. The average molecular weight is 172 g/mol. The van der Waals surface area contributed by atoms with E-state index in [2.05, 4.69) is 0 Å². The molecule has 0 aromatic heterocycles. The molecule has 12 heavy (non-hydrogen) atoms. The highest BCUT2D eigenvalue weighted by molar-refractivity contribution is 5.69. The van der Waals surface area contributed by atoms with Gasteiger partial charge in [0, 0.05) is 7.11 Å². The van der Waals surface area contributed by atoms with Crippen molar-refractivity contribution in [3.8, 4) is 0 Å². The summed E-state index contributed by atoms with van der Waals surface area (Å²) in [6, 6.07) is 0. The summed E-state index contributed by atoms with van der Waals surface area (Å²) in [5.41, 5.74) is 0. The van der Waals surface area contributed by atoms with Crippen LogP contribution >= 0.6 is 0 Å². The third kappa shape index (κ3) is 3.22. The van der Waals surface area contributed by atoms with Crippen LogP contribution in [0.1, 0.15) is 32.1 Å². The number of carbonyl (C=O) groups excluding carboxylic acids is 1. The van der Waals surface area contributed by atoms with E-state index in [9.17, 15) is 4.79 Å². The van der Waals surface area contributed by atoms with Crippen molar-refractivity contribution in [2.75, 3.05) is 13.7 Å². The van der Waals surface area contributed by atoms with E-state index in [1.165, 1.54) is 12.8 Å². The summed E-state index contributed by atoms with van der Waals surface area (Å²) in [4.78, 5) is 11.1. The van der Waals surface area contributed by atoms with Crippen LogP contribution in [-0.4, -0.2) is 25.8 Å². The van der Waals surface area contributed by atoms with Crippen molar-refractivity contribution in [2.45, 2.75) is 38.2 Å². The monoisotopic (exact) mass is 172 g/mol. The van der Waals surface area contributed by atoms with Gasteiger partial charge in [-0.05, 0) is 25.7 Å². The molecule has 0 heterocycles. The maximum atomic E-state index is 11.1. The Balaban J connectivity index is 2.08. The zero-order chi connectivity index (χ0) is 8.81. The number of ether oxygens (including phenoxy) is 2. The predicted molar refractivity (Wildman–Crippen MR) is 44.8 cm³/mol. The van der Waals surface area contributed by atoms with Gasteiger partial charge in [-0.1, -0.05) is 0 Å². The Kier molecular flexibility index (Phi) is 4.08. The topological polar surface area (TPSA) is 35.5 Å². The second kappa shape index (κ2) is 5.14. The Morgan fingerprint density at radius 3 is 2.67 bits per heavy atom. The molecule has 3 nitrogen and oxygen atoms in total. The second-order valence-corrected chi connectivity index (χ2v) is 3.14. The van der Waals surface area contributed by atoms with Gasteiger partial charge in [-0.15, -0.1) is 0 Å². The molecule has 0 bridgehead atoms. The fourth-order valence-corrected chi connectivity index (χ4v) is 1.44. The van der Waals surface area contributed by atoms with Gasteiger partial charge in [0.15, 0.2) is 0 Å². The van der Waals surface area contributed by atoms with Gasteiger partial charge in [-0.2, -0.15) is 0 Å². The molecule has 70 valence electrons. The van der Waals surface area contributed by atoms with Crippen molar-refractivity contribution in [3.63, 3.8) is 0 Å². The Morgan fingerprint density at radius 2 is 2.08 bits per heavy atom. The van der Waals surface area contributed by atoms with Gasteiger partial charge in [0.2, 0.25) is 0 Å². The zero-order valence-electron chi connectivity index (χ0n) is 7.54. The quantitative estimate of drug-likeness (QED) is 0.603. The van der Waals surface area contributed by atoms with Gasteiger partial charge in [0.25, 0.3) is 0 Å². The zero-order valence-corrected chi connectivity index (χ0v) is 7.54. The SMILES string of the molecule is COCCC(=O)OC1CCCC1. The second-order valence-electron chi connectivity index (χ2n) is 3.14. The molecule has 1 aliphatic carbocycles. The molecule has 3 heteroatoms. The van der Waals surface area contributed by atoms with Crippen LogP contribution < -0.4 is 0 Å². The maximum Gasteiger partial charge on any atom is 0.308 e. The lowest BCUT2D eigenvalue weighted by atomic mass is 10.3. The minimum Gasteiger partial charge on any atom is -0.462 e. The number of hydrogen-bond donors (Lipinski definition) is 0. The van der Waals surface area contributed by atoms with Crippen LogP contribution in [0.5, 0.6) is 0 Å². The fraction of sp³-hybridized carbons (Fsp3) is 0.889. The predicted octanol–water partition coefficient (Wildman–Crippen LogP) is 1.51. The normalized spacial score (nSPS) is 18.1. The summed E-state index contributed by atoms with van der Waals surface area (Å²) in [6.07, 6.45) is 5.05. The first-order valence-corrected chi connectivity index (χ1v) is 4.51. The molecule has 0 saturated heterocycles. The highest BCUT2D eigenvalue weighted by Gasteiger charge is 2.18. The molecular weight excluding hydrogens is 156 g/mol. The van der Waals surface area contributed by atoms with Crippen LogP contribution in [-0.2, 0) is 14.3 Å². The summed E-state index contributed by atoms with van der Waals surface area (Å²) in [5.74, 6) is -0.122. The van der Waals surface area contributed by atoms with Crippen molar-refractivity contribution in [1.29, 1.82) is 0 Å². The Hall–Kier alpha value is -0.570. The Bertz CT molecular complexity index is 139. The van der Waals surface area contributed by atoms with Gasteiger partial charge >= 0.3 is 5.97 Å². The molecule has 0 radical (unpaired) electrons. The first-order chi connectivity index (χ1) is 5.83. The lowest BCUT2D eigenvalue weighted by molar-refractivity contribution is -0.149. The van der Waals surface area contributed by atoms with Gasteiger partial charge in [-0.25, -0.2) is 0 Å². The van der Waals surface area contributed by atoms with Crippen molar-refractivity contribution in [1.82, 2.24) is 0 Å². The minimum absolute atomic E-state index is 0.122. The first-order valence-electron chi connectivity index (χ1n) is 4.51. The molecule has 0 spiro atoms. The van der Waals surface area contributed by atoms with Crippen molar-refractivity contribution in [3.05, 3.63) is 0 Å². The van der Waals surface area contributed by atoms with Crippen LogP contribution in [0.2, 0.25) is 0 Å². The Morgan fingerprint density at radius 1 is 1.42 bits per heavy atom. The van der Waals surface area contributed by atoms with E-state index in [4.69, 9.17) is 9.47 Å². The van der Waals surface area contributed by atoms with E-state index in [-0.39, 0.29) is 12.1 Å². The highest BCUT2D eigenvalue weighted by atomic mass is 16.5. The largest absolute Gasteiger partial charge is 0.462 e. The third-order valence-corrected chi connectivity index (χ3v) is 2.11. The molecule has 1 saturated carbocycles. The van der Waals surface area contributed by atoms with Crippen LogP contribution in [0.4, 0.5) is 0 Å². The molecule has 0 aliphatic heterocycles. The molecule has 0 N–H and O–H groups in total. The summed E-state index contributed by atoms with van der Waals surface area (Å²) in [6.45, 7) is 0.464. The molecule has 1 fully saturated rings. The van der Waals surface area contributed by atoms with Gasteiger partial charge in [0.1, 0.15) is 6.10 Å². The molecule has 0 atom stereocenters. The van der Waals surface area contributed by atoms with Gasteiger partial charge < -0.3 is 9.47 Å². The van der Waals surface area contributed by atoms with Crippen LogP contribution in [0.15, 0.2) is 0 Å². The molecule has 0 aromatic carbocycles. The van der Waals surface area contributed by atoms with Crippen LogP contribution in [0.3, 0.4) is 0 Å². The van der Waals surface area contributed by atoms with Crippen molar-refractivity contribution >= 4 is 5.97 Å². The van der Waals surface area contributed by atoms with Gasteiger partial charge in [-0.3, -0.25) is 4.79 Å². The third-order valence-electron chi connectivity index (χ3n) is 2.11. The molecule has 1 rings (SSSR count). The van der Waals surface area contributed by atoms with Crippen molar-refractivity contribution < 1.29 is 14.3 Å². The number of carbonyl (C=O) groups is 1. The number of rotatable bonds is 4. The van der Waals surface area contributed by atoms with Crippen LogP contribution in [0, 0.1) is 0 Å². The van der Waals surface area contributed by atoms with E-state index >= 15 is 0 Å². The van der Waals surface area contributed by atoms with E-state index < -0.39 is 0 Å². The van der Waals surface area contributed by atoms with Crippen molar-refractivity contribution in [2.24, 2.45) is 0 Å². The summed E-state index contributed by atoms with van der Waals surface area (Å²) < 4.78 is 9.97. The summed E-state index contributed by atoms with van der Waals surface area (Å²) >= 11 is 0. The lowest BCUT2D eigenvalue weighted by Gasteiger charge is -2.10. The van der Waals surface area contributed by atoms with E-state index in [0.29, 0.717) is 13.0 Å². The standard InChI is InChI=1S/C9H16O3/c1-11-7-6-9(10)12-8-4-2-3-5-8/h8H,2-7H2,1H3. The van der Waals surface area contributed by atoms with Crippen LogP contribution in [0.25, 0.3) is 0 Å². The first kappa shape index (κ1) is 9.52. The number of esters is 1. The molecule has 0 unspecified atom stereocenters.